The van der Waals surface area contributed by atoms with Crippen molar-refractivity contribution in [2.75, 3.05) is 29.9 Å². The lowest BCUT2D eigenvalue weighted by Gasteiger charge is -2.33. The van der Waals surface area contributed by atoms with E-state index in [9.17, 15) is 0 Å². The molecule has 0 aromatic heterocycles. The molecule has 14 heavy (non-hydrogen) atoms. The number of alkyl halides is 1. The number of rotatable bonds is 5. The molecule has 0 amide bonds. The van der Waals surface area contributed by atoms with Gasteiger partial charge < -0.3 is 0 Å². The van der Waals surface area contributed by atoms with Gasteiger partial charge in [0.25, 0.3) is 0 Å². The predicted molar refractivity (Wildman–Crippen MR) is 70.6 cm³/mol. The van der Waals surface area contributed by atoms with E-state index < -0.39 is 0 Å². The van der Waals surface area contributed by atoms with Crippen molar-refractivity contribution in [2.45, 2.75) is 32.7 Å². The number of hydrogen-bond acceptors (Lipinski definition) is 2. The Balaban J connectivity index is 2.15. The molecule has 0 saturated carbocycles. The molecule has 1 fully saturated rings. The molecular weight excluding hydrogens is 258 g/mol. The maximum Gasteiger partial charge on any atom is 0.0158 e. The third-order valence-electron chi connectivity index (χ3n) is 3.02. The molecule has 0 spiro atoms. The van der Waals surface area contributed by atoms with E-state index in [0.717, 1.165) is 17.3 Å². The normalized spacial score (nSPS) is 26.4. The Morgan fingerprint density at radius 3 is 2.93 bits per heavy atom. The molecule has 1 heterocycles. The average Bonchev–Trinajstić information content (AvgIpc) is 2.17. The van der Waals surface area contributed by atoms with Gasteiger partial charge in [-0.3, -0.25) is 4.90 Å². The Morgan fingerprint density at radius 2 is 2.29 bits per heavy atom. The van der Waals surface area contributed by atoms with Crippen LogP contribution >= 0.6 is 27.7 Å². The summed E-state index contributed by atoms with van der Waals surface area (Å²) in [5, 5.41) is 1.15. The quantitative estimate of drug-likeness (QED) is 0.711. The Kier molecular flexibility index (Phi) is 6.55. The molecule has 2 unspecified atom stereocenters. The molecule has 1 nitrogen and oxygen atoms in total. The van der Waals surface area contributed by atoms with E-state index in [1.54, 1.807) is 0 Å². The van der Waals surface area contributed by atoms with E-state index in [4.69, 9.17) is 0 Å². The van der Waals surface area contributed by atoms with Crippen LogP contribution in [0.25, 0.3) is 0 Å². The number of thioether (sulfide) groups is 1. The molecule has 1 aliphatic heterocycles. The van der Waals surface area contributed by atoms with E-state index in [1.165, 1.54) is 37.4 Å². The summed E-state index contributed by atoms with van der Waals surface area (Å²) in [5.41, 5.74) is 0. The zero-order valence-electron chi connectivity index (χ0n) is 9.34. The van der Waals surface area contributed by atoms with Gasteiger partial charge in [-0.15, -0.1) is 0 Å². The van der Waals surface area contributed by atoms with Crippen LogP contribution in [0, 0.1) is 5.92 Å². The molecule has 0 aliphatic carbocycles. The highest BCUT2D eigenvalue weighted by Gasteiger charge is 2.18. The Hall–Kier alpha value is 0.790. The van der Waals surface area contributed by atoms with Crippen LogP contribution in [0.4, 0.5) is 0 Å². The minimum atomic E-state index is 0.796. The first-order valence-electron chi connectivity index (χ1n) is 5.61. The van der Waals surface area contributed by atoms with E-state index in [0.29, 0.717) is 0 Å². The van der Waals surface area contributed by atoms with Crippen molar-refractivity contribution in [1.82, 2.24) is 4.90 Å². The minimum Gasteiger partial charge on any atom is -0.299 e. The molecule has 0 N–H and O–H groups in total. The van der Waals surface area contributed by atoms with Crippen molar-refractivity contribution in [1.29, 1.82) is 0 Å². The summed E-state index contributed by atoms with van der Waals surface area (Å²) in [7, 11) is 0. The summed E-state index contributed by atoms with van der Waals surface area (Å²) >= 11 is 5.61. The average molecular weight is 280 g/mol. The second kappa shape index (κ2) is 7.13. The summed E-state index contributed by atoms with van der Waals surface area (Å²) in [6, 6.07) is 0.796. The maximum absolute atomic E-state index is 3.51. The first kappa shape index (κ1) is 12.9. The molecule has 84 valence electrons. The van der Waals surface area contributed by atoms with Crippen molar-refractivity contribution < 1.29 is 0 Å². The van der Waals surface area contributed by atoms with Crippen LogP contribution in [0.2, 0.25) is 0 Å². The highest BCUT2D eigenvalue weighted by Crippen LogP contribution is 2.18. The van der Waals surface area contributed by atoms with E-state index in [-0.39, 0.29) is 0 Å². The molecule has 0 radical (unpaired) electrons. The van der Waals surface area contributed by atoms with Crippen LogP contribution < -0.4 is 0 Å². The van der Waals surface area contributed by atoms with Gasteiger partial charge in [-0.05, 0) is 32.2 Å². The topological polar surface area (TPSA) is 3.24 Å². The van der Waals surface area contributed by atoms with Crippen LogP contribution in [0.5, 0.6) is 0 Å². The number of nitrogens with zero attached hydrogens (tertiary/aromatic N) is 1. The van der Waals surface area contributed by atoms with E-state index in [1.807, 2.05) is 0 Å². The highest BCUT2D eigenvalue weighted by atomic mass is 79.9. The molecular formula is C11H22BrNS. The smallest absolute Gasteiger partial charge is 0.0158 e. The van der Waals surface area contributed by atoms with Crippen LogP contribution in [-0.2, 0) is 0 Å². The lowest BCUT2D eigenvalue weighted by Crippen LogP contribution is -2.41. The van der Waals surface area contributed by atoms with E-state index >= 15 is 0 Å². The Bertz CT molecular complexity index is 154. The summed E-state index contributed by atoms with van der Waals surface area (Å²) in [6.45, 7) is 7.33. The lowest BCUT2D eigenvalue weighted by molar-refractivity contribution is 0.217. The molecule has 1 saturated heterocycles. The van der Waals surface area contributed by atoms with Gasteiger partial charge in [0.05, 0.1) is 0 Å². The third kappa shape index (κ3) is 4.54. The fraction of sp³-hybridized carbons (Fsp3) is 1.00. The van der Waals surface area contributed by atoms with Gasteiger partial charge in [-0.2, -0.15) is 11.8 Å². The zero-order valence-corrected chi connectivity index (χ0v) is 11.7. The predicted octanol–water partition coefficient (Wildman–Crippen LogP) is 3.23. The van der Waals surface area contributed by atoms with E-state index in [2.05, 4.69) is 46.4 Å². The van der Waals surface area contributed by atoms with Gasteiger partial charge >= 0.3 is 0 Å². The van der Waals surface area contributed by atoms with Crippen LogP contribution in [0.3, 0.4) is 0 Å². The molecule has 1 aliphatic rings. The first-order chi connectivity index (χ1) is 6.74. The fourth-order valence-corrected chi connectivity index (χ4v) is 3.67. The molecule has 0 aromatic rings. The highest BCUT2D eigenvalue weighted by molar-refractivity contribution is 9.09. The summed E-state index contributed by atoms with van der Waals surface area (Å²) in [6.07, 6.45) is 2.68. The van der Waals surface area contributed by atoms with Crippen molar-refractivity contribution in [3.63, 3.8) is 0 Å². The van der Waals surface area contributed by atoms with Crippen molar-refractivity contribution in [3.8, 4) is 0 Å². The Labute approximate surface area is 101 Å². The minimum absolute atomic E-state index is 0.796. The summed E-state index contributed by atoms with van der Waals surface area (Å²) < 4.78 is 0. The van der Waals surface area contributed by atoms with Crippen molar-refractivity contribution >= 4 is 27.7 Å². The summed E-state index contributed by atoms with van der Waals surface area (Å²) in [4.78, 5) is 2.65. The van der Waals surface area contributed by atoms with Gasteiger partial charge in [0.15, 0.2) is 0 Å². The second-order valence-electron chi connectivity index (χ2n) is 4.33. The molecule has 2 atom stereocenters. The van der Waals surface area contributed by atoms with Crippen LogP contribution in [0.1, 0.15) is 26.7 Å². The maximum atomic E-state index is 3.51. The fourth-order valence-electron chi connectivity index (χ4n) is 1.81. The van der Waals surface area contributed by atoms with Gasteiger partial charge in [0.2, 0.25) is 0 Å². The molecule has 0 aromatic carbocycles. The van der Waals surface area contributed by atoms with Crippen LogP contribution in [0.15, 0.2) is 0 Å². The molecule has 3 heteroatoms. The van der Waals surface area contributed by atoms with Gasteiger partial charge in [-0.25, -0.2) is 0 Å². The van der Waals surface area contributed by atoms with Crippen LogP contribution in [-0.4, -0.2) is 40.9 Å². The lowest BCUT2D eigenvalue weighted by atomic mass is 10.0. The van der Waals surface area contributed by atoms with Crippen molar-refractivity contribution in [2.24, 2.45) is 5.92 Å². The SMILES string of the molecule is CC(CCBr)CCN1CCSCC1C. The van der Waals surface area contributed by atoms with Gasteiger partial charge in [0, 0.05) is 29.4 Å². The van der Waals surface area contributed by atoms with Gasteiger partial charge in [0.1, 0.15) is 0 Å². The molecule has 1 rings (SSSR count). The Morgan fingerprint density at radius 1 is 1.50 bits per heavy atom. The van der Waals surface area contributed by atoms with Gasteiger partial charge in [-0.1, -0.05) is 22.9 Å². The monoisotopic (exact) mass is 279 g/mol. The number of hydrogen-bond donors (Lipinski definition) is 0. The number of halogens is 1. The van der Waals surface area contributed by atoms with Crippen molar-refractivity contribution in [3.05, 3.63) is 0 Å². The standard InChI is InChI=1S/C11H22BrNS/c1-10(3-5-12)4-6-13-7-8-14-9-11(13)2/h10-11H,3-9H2,1-2H3. The second-order valence-corrected chi connectivity index (χ2v) is 6.27. The first-order valence-corrected chi connectivity index (χ1v) is 7.89. The largest absolute Gasteiger partial charge is 0.299 e. The third-order valence-corrected chi connectivity index (χ3v) is 4.66. The molecule has 0 bridgehead atoms. The zero-order chi connectivity index (χ0) is 10.4. The summed E-state index contributed by atoms with van der Waals surface area (Å²) in [5.74, 6) is 3.53.